The molecule has 0 heterocycles. The van der Waals surface area contributed by atoms with Crippen LogP contribution in [-0.2, 0) is 4.79 Å². The number of nitrogens with one attached hydrogen (secondary N) is 1. The lowest BCUT2D eigenvalue weighted by molar-refractivity contribution is -0.141. The van der Waals surface area contributed by atoms with Crippen molar-refractivity contribution in [3.63, 3.8) is 0 Å². The molecule has 0 radical (unpaired) electrons. The summed E-state index contributed by atoms with van der Waals surface area (Å²) in [5.74, 6) is -1.55. The summed E-state index contributed by atoms with van der Waals surface area (Å²) in [6.07, 6.45) is 1.65. The summed E-state index contributed by atoms with van der Waals surface area (Å²) in [7, 11) is 0. The van der Waals surface area contributed by atoms with Crippen LogP contribution < -0.4 is 5.32 Å². The van der Waals surface area contributed by atoms with Crippen molar-refractivity contribution < 1.29 is 14.7 Å². The van der Waals surface area contributed by atoms with Crippen LogP contribution in [0.15, 0.2) is 12.7 Å². The Kier molecular flexibility index (Phi) is 5.88. The molecule has 0 aromatic rings. The fourth-order valence-electron chi connectivity index (χ4n) is 1.40. The Morgan fingerprint density at radius 3 is 2.22 bits per heavy atom. The van der Waals surface area contributed by atoms with E-state index in [2.05, 4.69) is 11.9 Å². The van der Waals surface area contributed by atoms with Crippen molar-refractivity contribution in [2.75, 3.05) is 6.54 Å². The predicted molar refractivity (Wildman–Crippen MR) is 71.4 cm³/mol. The molecule has 0 aromatic carbocycles. The van der Waals surface area contributed by atoms with Gasteiger partial charge in [-0.3, -0.25) is 4.79 Å². The molecule has 0 aliphatic rings. The number of amides is 2. The van der Waals surface area contributed by atoms with Crippen molar-refractivity contribution in [2.45, 2.75) is 46.2 Å². The summed E-state index contributed by atoms with van der Waals surface area (Å²) in [6.45, 7) is 13.1. The first-order chi connectivity index (χ1) is 8.11. The van der Waals surface area contributed by atoms with Gasteiger partial charge in [-0.25, -0.2) is 4.79 Å². The topological polar surface area (TPSA) is 69.6 Å². The normalized spacial score (nSPS) is 14.5. The number of carbonyl (C=O) groups excluding carboxylic acids is 1. The van der Waals surface area contributed by atoms with Gasteiger partial charge >= 0.3 is 12.0 Å². The van der Waals surface area contributed by atoms with Crippen LogP contribution >= 0.6 is 0 Å². The van der Waals surface area contributed by atoms with Crippen LogP contribution in [-0.4, -0.2) is 40.1 Å². The van der Waals surface area contributed by atoms with Gasteiger partial charge in [0.25, 0.3) is 0 Å². The Morgan fingerprint density at radius 2 is 1.89 bits per heavy atom. The Bertz CT molecular complexity index is 321. The van der Waals surface area contributed by atoms with Gasteiger partial charge in [-0.15, -0.1) is 6.58 Å². The molecule has 2 unspecified atom stereocenters. The molecule has 0 saturated heterocycles. The molecule has 0 spiro atoms. The van der Waals surface area contributed by atoms with Crippen molar-refractivity contribution in [2.24, 2.45) is 5.92 Å². The molecule has 0 aliphatic heterocycles. The first-order valence-electron chi connectivity index (χ1n) is 6.03. The molecule has 104 valence electrons. The Balaban J connectivity index is 4.71. The Morgan fingerprint density at radius 1 is 1.39 bits per heavy atom. The molecule has 0 bridgehead atoms. The first-order valence-corrected chi connectivity index (χ1v) is 6.03. The summed E-state index contributed by atoms with van der Waals surface area (Å²) >= 11 is 0. The minimum Gasteiger partial charge on any atom is -0.481 e. The number of hydrogen-bond acceptors (Lipinski definition) is 2. The number of rotatable bonds is 5. The van der Waals surface area contributed by atoms with Crippen molar-refractivity contribution in [1.82, 2.24) is 10.2 Å². The van der Waals surface area contributed by atoms with E-state index in [9.17, 15) is 9.59 Å². The molecule has 0 aliphatic carbocycles. The molecule has 0 rings (SSSR count). The molecule has 2 atom stereocenters. The number of hydrogen-bond donors (Lipinski definition) is 2. The third-order valence-corrected chi connectivity index (χ3v) is 2.86. The standard InChI is InChI=1S/C13H24N2O3/c1-7-8-15(13(4,5)6)12(18)14-10(3)9(2)11(16)17/h7,9-10H,1,8H2,2-6H3,(H,14,18)(H,16,17). The number of urea groups is 1. The van der Waals surface area contributed by atoms with Gasteiger partial charge in [-0.2, -0.15) is 0 Å². The average molecular weight is 256 g/mol. The number of nitrogens with zero attached hydrogens (tertiary/aromatic N) is 1. The van der Waals surface area contributed by atoms with Gasteiger partial charge in [-0.05, 0) is 34.6 Å². The molecule has 0 saturated carbocycles. The number of aliphatic carboxylic acids is 1. The largest absolute Gasteiger partial charge is 0.481 e. The maximum Gasteiger partial charge on any atom is 0.318 e. The maximum atomic E-state index is 12.1. The number of carboxylic acids is 1. The zero-order valence-electron chi connectivity index (χ0n) is 11.9. The Hall–Kier alpha value is -1.52. The lowest BCUT2D eigenvalue weighted by Gasteiger charge is -2.36. The van der Waals surface area contributed by atoms with Gasteiger partial charge in [0.15, 0.2) is 0 Å². The third kappa shape index (κ3) is 4.77. The van der Waals surface area contributed by atoms with Crippen LogP contribution in [0, 0.1) is 5.92 Å². The number of carboxylic acid groups (broad SMARTS) is 1. The van der Waals surface area contributed by atoms with E-state index < -0.39 is 17.9 Å². The van der Waals surface area contributed by atoms with Gasteiger partial charge < -0.3 is 15.3 Å². The minimum atomic E-state index is -0.922. The SMILES string of the molecule is C=CCN(C(=O)NC(C)C(C)C(=O)O)C(C)(C)C. The molecule has 2 N–H and O–H groups in total. The van der Waals surface area contributed by atoms with E-state index in [1.807, 2.05) is 20.8 Å². The second kappa shape index (κ2) is 6.42. The van der Waals surface area contributed by atoms with Crippen LogP contribution in [0.5, 0.6) is 0 Å². The van der Waals surface area contributed by atoms with E-state index in [0.717, 1.165) is 0 Å². The van der Waals surface area contributed by atoms with Crippen LogP contribution in [0.25, 0.3) is 0 Å². The molecule has 2 amide bonds. The highest BCUT2D eigenvalue weighted by Crippen LogP contribution is 2.14. The summed E-state index contributed by atoms with van der Waals surface area (Å²) in [4.78, 5) is 24.5. The summed E-state index contributed by atoms with van der Waals surface area (Å²) < 4.78 is 0. The van der Waals surface area contributed by atoms with E-state index >= 15 is 0 Å². The molecule has 18 heavy (non-hydrogen) atoms. The molecule has 0 fully saturated rings. The fourth-order valence-corrected chi connectivity index (χ4v) is 1.40. The highest BCUT2D eigenvalue weighted by molar-refractivity contribution is 5.77. The predicted octanol–water partition coefficient (Wildman–Crippen LogP) is 2.09. The van der Waals surface area contributed by atoms with Crippen molar-refractivity contribution in [3.8, 4) is 0 Å². The van der Waals surface area contributed by atoms with Gasteiger partial charge in [0.05, 0.1) is 5.92 Å². The lowest BCUT2D eigenvalue weighted by Crippen LogP contribution is -2.53. The van der Waals surface area contributed by atoms with Crippen LogP contribution in [0.1, 0.15) is 34.6 Å². The van der Waals surface area contributed by atoms with Crippen LogP contribution in [0.2, 0.25) is 0 Å². The van der Waals surface area contributed by atoms with E-state index in [-0.39, 0.29) is 11.6 Å². The molecule has 0 aromatic heterocycles. The highest BCUT2D eigenvalue weighted by Gasteiger charge is 2.28. The fraction of sp³-hybridized carbons (Fsp3) is 0.692. The van der Waals surface area contributed by atoms with E-state index in [1.54, 1.807) is 24.8 Å². The minimum absolute atomic E-state index is 0.275. The molecular formula is C13H24N2O3. The van der Waals surface area contributed by atoms with Gasteiger partial charge in [0.2, 0.25) is 0 Å². The molecular weight excluding hydrogens is 232 g/mol. The Labute approximate surface area is 109 Å². The van der Waals surface area contributed by atoms with Gasteiger partial charge in [0, 0.05) is 18.1 Å². The summed E-state index contributed by atoms with van der Waals surface area (Å²) in [5, 5.41) is 11.6. The first kappa shape index (κ1) is 16.5. The van der Waals surface area contributed by atoms with Gasteiger partial charge in [0.1, 0.15) is 0 Å². The average Bonchev–Trinajstić information content (AvgIpc) is 2.22. The molecule has 5 heteroatoms. The maximum absolute atomic E-state index is 12.1. The second-order valence-electron chi connectivity index (χ2n) is 5.44. The summed E-state index contributed by atoms with van der Waals surface area (Å²) in [5.41, 5.74) is -0.343. The zero-order valence-corrected chi connectivity index (χ0v) is 11.9. The number of carbonyl (C=O) groups is 2. The highest BCUT2D eigenvalue weighted by atomic mass is 16.4. The van der Waals surface area contributed by atoms with Crippen molar-refractivity contribution >= 4 is 12.0 Å². The smallest absolute Gasteiger partial charge is 0.318 e. The van der Waals surface area contributed by atoms with Crippen molar-refractivity contribution in [1.29, 1.82) is 0 Å². The third-order valence-electron chi connectivity index (χ3n) is 2.86. The monoisotopic (exact) mass is 256 g/mol. The van der Waals surface area contributed by atoms with Crippen LogP contribution in [0.3, 0.4) is 0 Å². The van der Waals surface area contributed by atoms with Crippen LogP contribution in [0.4, 0.5) is 4.79 Å². The van der Waals surface area contributed by atoms with Crippen molar-refractivity contribution in [3.05, 3.63) is 12.7 Å². The molecule has 5 nitrogen and oxygen atoms in total. The second-order valence-corrected chi connectivity index (χ2v) is 5.44. The summed E-state index contributed by atoms with van der Waals surface area (Å²) in [6, 6.07) is -0.701. The van der Waals surface area contributed by atoms with Gasteiger partial charge in [-0.1, -0.05) is 6.08 Å². The van der Waals surface area contributed by atoms with E-state index in [4.69, 9.17) is 5.11 Å². The van der Waals surface area contributed by atoms with E-state index in [1.165, 1.54) is 0 Å². The van der Waals surface area contributed by atoms with E-state index in [0.29, 0.717) is 6.54 Å². The quantitative estimate of drug-likeness (QED) is 0.740. The zero-order chi connectivity index (χ0) is 14.5. The lowest BCUT2D eigenvalue weighted by atomic mass is 10.0.